The summed E-state index contributed by atoms with van der Waals surface area (Å²) in [7, 11) is 0. The van der Waals surface area contributed by atoms with E-state index >= 15 is 0 Å². The number of nitrogens with zero attached hydrogens (tertiary/aromatic N) is 4. The van der Waals surface area contributed by atoms with Gasteiger partial charge in [0.05, 0.1) is 5.69 Å². The Bertz CT molecular complexity index is 782. The third kappa shape index (κ3) is 3.37. The lowest BCUT2D eigenvalue weighted by Gasteiger charge is -2.32. The molecule has 3 heterocycles. The normalized spacial score (nSPS) is 21.3. The Morgan fingerprint density at radius 2 is 1.92 bits per heavy atom. The van der Waals surface area contributed by atoms with Gasteiger partial charge in [0, 0.05) is 51.0 Å². The molecule has 0 bridgehead atoms. The molecule has 0 radical (unpaired) electrons. The van der Waals surface area contributed by atoms with Crippen molar-refractivity contribution in [3.05, 3.63) is 47.5 Å². The summed E-state index contributed by atoms with van der Waals surface area (Å²) in [6, 6.07) is 8.39. The Morgan fingerprint density at radius 1 is 1.19 bits per heavy atom. The number of piperazine rings is 1. The summed E-state index contributed by atoms with van der Waals surface area (Å²) in [5.41, 5.74) is 2.06. The second-order valence-corrected chi connectivity index (χ2v) is 7.04. The number of likely N-dealkylation sites (tertiary alicyclic amines) is 1. The number of carbonyl (C=O) groups excluding carboxylic acids is 1. The van der Waals surface area contributed by atoms with Crippen molar-refractivity contribution in [2.75, 3.05) is 39.3 Å². The molecule has 0 saturated carbocycles. The second-order valence-electron chi connectivity index (χ2n) is 7.04. The van der Waals surface area contributed by atoms with E-state index < -0.39 is 0 Å². The monoisotopic (exact) mass is 357 g/mol. The van der Waals surface area contributed by atoms with Crippen molar-refractivity contribution in [2.24, 2.45) is 0 Å². The molecular weight excluding hydrogens is 333 g/mol. The fraction of sp³-hybridized carbons (Fsp3) is 0.474. The molecule has 0 aliphatic carbocycles. The van der Waals surface area contributed by atoms with Gasteiger partial charge in [-0.1, -0.05) is 0 Å². The highest BCUT2D eigenvalue weighted by molar-refractivity contribution is 5.92. The van der Waals surface area contributed by atoms with Crippen LogP contribution in [0.3, 0.4) is 0 Å². The van der Waals surface area contributed by atoms with E-state index in [9.17, 15) is 9.18 Å². The summed E-state index contributed by atoms with van der Waals surface area (Å²) in [4.78, 5) is 17.3. The van der Waals surface area contributed by atoms with E-state index in [1.165, 1.54) is 12.1 Å². The molecule has 1 N–H and O–H groups in total. The van der Waals surface area contributed by atoms with Crippen LogP contribution in [0.25, 0.3) is 5.69 Å². The van der Waals surface area contributed by atoms with Crippen molar-refractivity contribution in [3.63, 3.8) is 0 Å². The SMILES string of the molecule is Cc1cc(C(=O)N2CCC(N3CCNCC3)C2)nn1-c1ccc(F)cc1. The smallest absolute Gasteiger partial charge is 0.274 e. The van der Waals surface area contributed by atoms with Crippen LogP contribution in [0.15, 0.2) is 30.3 Å². The van der Waals surface area contributed by atoms with Crippen LogP contribution in [0.4, 0.5) is 4.39 Å². The van der Waals surface area contributed by atoms with Crippen LogP contribution in [0.2, 0.25) is 0 Å². The van der Waals surface area contributed by atoms with Gasteiger partial charge in [0.1, 0.15) is 5.82 Å². The van der Waals surface area contributed by atoms with E-state index in [1.807, 2.05) is 17.9 Å². The highest BCUT2D eigenvalue weighted by Gasteiger charge is 2.32. The van der Waals surface area contributed by atoms with E-state index in [2.05, 4.69) is 15.3 Å². The zero-order valence-corrected chi connectivity index (χ0v) is 15.0. The van der Waals surface area contributed by atoms with E-state index in [0.29, 0.717) is 11.7 Å². The van der Waals surface area contributed by atoms with Gasteiger partial charge in [0.15, 0.2) is 5.69 Å². The van der Waals surface area contributed by atoms with E-state index in [-0.39, 0.29) is 11.7 Å². The van der Waals surface area contributed by atoms with Crippen molar-refractivity contribution in [3.8, 4) is 5.69 Å². The second kappa shape index (κ2) is 7.17. The topological polar surface area (TPSA) is 53.4 Å². The summed E-state index contributed by atoms with van der Waals surface area (Å²) in [6.07, 6.45) is 1.02. The summed E-state index contributed by atoms with van der Waals surface area (Å²) >= 11 is 0. The molecule has 2 aliphatic rings. The quantitative estimate of drug-likeness (QED) is 0.903. The van der Waals surface area contributed by atoms with Gasteiger partial charge in [-0.3, -0.25) is 9.69 Å². The van der Waals surface area contributed by atoms with Gasteiger partial charge in [-0.15, -0.1) is 0 Å². The van der Waals surface area contributed by atoms with Crippen LogP contribution in [0.1, 0.15) is 22.6 Å². The summed E-state index contributed by atoms with van der Waals surface area (Å²) < 4.78 is 14.8. The number of rotatable bonds is 3. The summed E-state index contributed by atoms with van der Waals surface area (Å²) in [5, 5.41) is 7.84. The molecular formula is C19H24FN5O. The molecule has 1 aromatic heterocycles. The van der Waals surface area contributed by atoms with E-state index in [1.54, 1.807) is 16.8 Å². The van der Waals surface area contributed by atoms with Crippen LogP contribution in [-0.4, -0.2) is 70.8 Å². The number of carbonyl (C=O) groups is 1. The van der Waals surface area contributed by atoms with Gasteiger partial charge in [-0.05, 0) is 43.7 Å². The molecule has 6 nitrogen and oxygen atoms in total. The van der Waals surface area contributed by atoms with Gasteiger partial charge >= 0.3 is 0 Å². The average Bonchev–Trinajstić information content (AvgIpc) is 3.30. The summed E-state index contributed by atoms with van der Waals surface area (Å²) in [6.45, 7) is 7.57. The highest BCUT2D eigenvalue weighted by Crippen LogP contribution is 2.20. The molecule has 2 aromatic rings. The zero-order chi connectivity index (χ0) is 18.1. The van der Waals surface area contributed by atoms with Crippen LogP contribution in [0.5, 0.6) is 0 Å². The first-order valence-corrected chi connectivity index (χ1v) is 9.18. The minimum absolute atomic E-state index is 0.0217. The minimum atomic E-state index is -0.286. The standard InChI is InChI=1S/C19H24FN5O/c1-14-12-18(22-25(14)16-4-2-15(20)3-5-16)19(26)24-9-6-17(13-24)23-10-7-21-8-11-23/h2-5,12,17,21H,6-11,13H2,1H3. The lowest BCUT2D eigenvalue weighted by atomic mass is 10.2. The molecule has 2 aliphatic heterocycles. The Balaban J connectivity index is 1.47. The van der Waals surface area contributed by atoms with E-state index in [0.717, 1.165) is 57.1 Å². The lowest BCUT2D eigenvalue weighted by Crippen LogP contribution is -2.49. The minimum Gasteiger partial charge on any atom is -0.336 e. The molecule has 1 atom stereocenters. The molecule has 1 unspecified atom stereocenters. The molecule has 7 heteroatoms. The Hall–Kier alpha value is -2.25. The first kappa shape index (κ1) is 17.2. The number of benzene rings is 1. The Kier molecular flexibility index (Phi) is 4.74. The lowest BCUT2D eigenvalue weighted by molar-refractivity contribution is 0.0767. The van der Waals surface area contributed by atoms with Gasteiger partial charge in [-0.2, -0.15) is 5.10 Å². The maximum absolute atomic E-state index is 13.1. The molecule has 0 spiro atoms. The number of nitrogens with one attached hydrogen (secondary N) is 1. The number of amides is 1. The first-order chi connectivity index (χ1) is 12.6. The fourth-order valence-electron chi connectivity index (χ4n) is 3.86. The number of aromatic nitrogens is 2. The highest BCUT2D eigenvalue weighted by atomic mass is 19.1. The number of hydrogen-bond donors (Lipinski definition) is 1. The van der Waals surface area contributed by atoms with Crippen molar-refractivity contribution in [1.82, 2.24) is 24.9 Å². The maximum Gasteiger partial charge on any atom is 0.274 e. The van der Waals surface area contributed by atoms with Crippen LogP contribution in [0, 0.1) is 12.7 Å². The van der Waals surface area contributed by atoms with Crippen molar-refractivity contribution in [2.45, 2.75) is 19.4 Å². The van der Waals surface area contributed by atoms with Crippen molar-refractivity contribution in [1.29, 1.82) is 0 Å². The van der Waals surface area contributed by atoms with Crippen LogP contribution >= 0.6 is 0 Å². The third-order valence-electron chi connectivity index (χ3n) is 5.30. The maximum atomic E-state index is 13.1. The largest absolute Gasteiger partial charge is 0.336 e. The number of aryl methyl sites for hydroxylation is 1. The Labute approximate surface area is 152 Å². The molecule has 1 amide bonds. The van der Waals surface area contributed by atoms with Gasteiger partial charge < -0.3 is 10.2 Å². The summed E-state index contributed by atoms with van der Waals surface area (Å²) in [5.74, 6) is -0.308. The van der Waals surface area contributed by atoms with Gasteiger partial charge in [-0.25, -0.2) is 9.07 Å². The average molecular weight is 357 g/mol. The Morgan fingerprint density at radius 3 is 2.65 bits per heavy atom. The molecule has 1 aromatic carbocycles. The predicted octanol–water partition coefficient (Wildman–Crippen LogP) is 1.44. The van der Waals surface area contributed by atoms with E-state index in [4.69, 9.17) is 0 Å². The first-order valence-electron chi connectivity index (χ1n) is 9.18. The van der Waals surface area contributed by atoms with Crippen LogP contribution in [-0.2, 0) is 0 Å². The van der Waals surface area contributed by atoms with Crippen LogP contribution < -0.4 is 5.32 Å². The molecule has 2 saturated heterocycles. The molecule has 4 rings (SSSR count). The predicted molar refractivity (Wildman–Crippen MR) is 97.0 cm³/mol. The van der Waals surface area contributed by atoms with Gasteiger partial charge in [0.25, 0.3) is 5.91 Å². The third-order valence-corrected chi connectivity index (χ3v) is 5.30. The van der Waals surface area contributed by atoms with Crippen molar-refractivity contribution < 1.29 is 9.18 Å². The number of halogens is 1. The molecule has 138 valence electrons. The van der Waals surface area contributed by atoms with Gasteiger partial charge in [0.2, 0.25) is 0 Å². The molecule has 26 heavy (non-hydrogen) atoms. The number of hydrogen-bond acceptors (Lipinski definition) is 4. The fourth-order valence-corrected chi connectivity index (χ4v) is 3.86. The van der Waals surface area contributed by atoms with Crippen molar-refractivity contribution >= 4 is 5.91 Å². The molecule has 2 fully saturated rings. The zero-order valence-electron chi connectivity index (χ0n) is 15.0.